The molecule has 3 fully saturated rings. The van der Waals surface area contributed by atoms with Crippen LogP contribution in [0.5, 0.6) is 0 Å². The second kappa shape index (κ2) is 8.34. The molecular formula is C23H22F3N5O2S. The summed E-state index contributed by atoms with van der Waals surface area (Å²) in [5.41, 5.74) is 1.54. The van der Waals surface area contributed by atoms with Crippen LogP contribution < -0.4 is 10.2 Å². The van der Waals surface area contributed by atoms with Gasteiger partial charge in [0, 0.05) is 41.5 Å². The zero-order valence-electron chi connectivity index (χ0n) is 18.1. The molecular weight excluding hydrogens is 467 g/mol. The molecule has 2 aliphatic heterocycles. The van der Waals surface area contributed by atoms with Crippen LogP contribution in [0.15, 0.2) is 30.5 Å². The predicted molar refractivity (Wildman–Crippen MR) is 121 cm³/mol. The average molecular weight is 490 g/mol. The number of nitrogens with one attached hydrogen (secondary N) is 1. The van der Waals surface area contributed by atoms with E-state index in [0.717, 1.165) is 5.69 Å². The summed E-state index contributed by atoms with van der Waals surface area (Å²) in [5.74, 6) is -0.952. The van der Waals surface area contributed by atoms with Crippen LogP contribution in [0.2, 0.25) is 0 Å². The van der Waals surface area contributed by atoms with Crippen LogP contribution in [-0.4, -0.2) is 65.2 Å². The smallest absolute Gasteiger partial charge is 0.370 e. The van der Waals surface area contributed by atoms with Gasteiger partial charge in [-0.15, -0.1) is 11.8 Å². The number of anilines is 1. The maximum atomic E-state index is 12.9. The lowest BCUT2D eigenvalue weighted by molar-refractivity contribution is -0.225. The normalized spacial score (nSPS) is 21.8. The number of carbonyl (C=O) groups excluding carboxylic acids is 2. The van der Waals surface area contributed by atoms with Crippen LogP contribution in [0.25, 0.3) is 10.9 Å². The Morgan fingerprint density at radius 2 is 2.03 bits per heavy atom. The molecule has 7 nitrogen and oxygen atoms in total. The van der Waals surface area contributed by atoms with Crippen molar-refractivity contribution in [3.8, 4) is 6.07 Å². The van der Waals surface area contributed by atoms with Gasteiger partial charge in [-0.2, -0.15) is 18.4 Å². The molecule has 0 bridgehead atoms. The molecule has 1 atom stereocenters. The molecule has 11 heteroatoms. The zero-order chi connectivity index (χ0) is 24.1. The number of hydrogen-bond donors (Lipinski definition) is 1. The highest BCUT2D eigenvalue weighted by Crippen LogP contribution is 2.57. The third-order valence-corrected chi connectivity index (χ3v) is 7.97. The molecule has 5 rings (SSSR count). The van der Waals surface area contributed by atoms with Crippen LogP contribution in [0.3, 0.4) is 0 Å². The fraction of sp³-hybridized carbons (Fsp3) is 0.478. The Morgan fingerprint density at radius 3 is 2.74 bits per heavy atom. The summed E-state index contributed by atoms with van der Waals surface area (Å²) in [6.07, 6.45) is -2.25. The van der Waals surface area contributed by atoms with Gasteiger partial charge in [-0.3, -0.25) is 14.6 Å². The molecule has 34 heavy (non-hydrogen) atoms. The number of aromatic nitrogens is 1. The maximum absolute atomic E-state index is 12.9. The van der Waals surface area contributed by atoms with E-state index in [4.69, 9.17) is 5.26 Å². The summed E-state index contributed by atoms with van der Waals surface area (Å²) >= 11 is 1.50. The first kappa shape index (κ1) is 22.8. The summed E-state index contributed by atoms with van der Waals surface area (Å²) in [6.45, 7) is 0.917. The van der Waals surface area contributed by atoms with E-state index in [0.29, 0.717) is 41.2 Å². The van der Waals surface area contributed by atoms with E-state index in [-0.39, 0.29) is 30.7 Å². The number of halogens is 3. The molecule has 3 heterocycles. The Hall–Kier alpha value is -3.00. The second-order valence-electron chi connectivity index (χ2n) is 9.25. The van der Waals surface area contributed by atoms with Crippen molar-refractivity contribution in [2.45, 2.75) is 25.1 Å². The van der Waals surface area contributed by atoms with Gasteiger partial charge in [0.05, 0.1) is 35.5 Å². The molecule has 178 valence electrons. The number of nitrogens with zero attached hydrogens (tertiary/aromatic N) is 4. The number of rotatable bonds is 4. The Bertz CT molecular complexity index is 1180. The quantitative estimate of drug-likeness (QED) is 0.710. The monoisotopic (exact) mass is 489 g/mol. The van der Waals surface area contributed by atoms with Crippen molar-refractivity contribution in [2.24, 2.45) is 11.3 Å². The SMILES string of the molecule is N#CC1CSCN1C(=O)CNC(=O)c1ccnc2ccc(N3CC4(CC(C(F)(F)F)C4)C3)cc12. The highest BCUT2D eigenvalue weighted by atomic mass is 32.2. The number of alkyl halides is 3. The highest BCUT2D eigenvalue weighted by molar-refractivity contribution is 7.99. The molecule has 0 radical (unpaired) electrons. The summed E-state index contributed by atoms with van der Waals surface area (Å²) in [6, 6.07) is 8.66. The Balaban J connectivity index is 1.26. The molecule has 1 aliphatic carbocycles. The first-order chi connectivity index (χ1) is 16.2. The summed E-state index contributed by atoms with van der Waals surface area (Å²) in [7, 11) is 0. The van der Waals surface area contributed by atoms with E-state index in [2.05, 4.69) is 16.4 Å². The van der Waals surface area contributed by atoms with Gasteiger partial charge in [-0.05, 0) is 37.1 Å². The first-order valence-corrected chi connectivity index (χ1v) is 12.1. The second-order valence-corrected chi connectivity index (χ2v) is 10.3. The Kier molecular flexibility index (Phi) is 5.59. The van der Waals surface area contributed by atoms with Gasteiger partial charge in [0.15, 0.2) is 0 Å². The van der Waals surface area contributed by atoms with Crippen molar-refractivity contribution in [3.63, 3.8) is 0 Å². The number of hydrogen-bond acceptors (Lipinski definition) is 6. The number of benzene rings is 1. The van der Waals surface area contributed by atoms with Crippen molar-refractivity contribution in [1.29, 1.82) is 5.26 Å². The number of carbonyl (C=O) groups is 2. The van der Waals surface area contributed by atoms with Crippen LogP contribution in [0.4, 0.5) is 18.9 Å². The number of thioether (sulfide) groups is 1. The summed E-state index contributed by atoms with van der Waals surface area (Å²) < 4.78 is 38.6. The molecule has 2 aromatic rings. The molecule has 1 N–H and O–H groups in total. The van der Waals surface area contributed by atoms with Gasteiger partial charge < -0.3 is 15.1 Å². The van der Waals surface area contributed by atoms with Gasteiger partial charge in [0.25, 0.3) is 5.91 Å². The fourth-order valence-corrected chi connectivity index (χ4v) is 6.20. The minimum absolute atomic E-state index is 0.173. The van der Waals surface area contributed by atoms with E-state index in [1.54, 1.807) is 12.1 Å². The number of nitriles is 1. The number of amides is 2. The van der Waals surface area contributed by atoms with E-state index in [9.17, 15) is 22.8 Å². The summed E-state index contributed by atoms with van der Waals surface area (Å²) in [4.78, 5) is 33.1. The fourth-order valence-electron chi connectivity index (χ4n) is 5.10. The van der Waals surface area contributed by atoms with E-state index < -0.39 is 24.0 Å². The zero-order valence-corrected chi connectivity index (χ0v) is 19.0. The van der Waals surface area contributed by atoms with Crippen molar-refractivity contribution in [2.75, 3.05) is 36.2 Å². The lowest BCUT2D eigenvalue weighted by Crippen LogP contribution is -2.64. The first-order valence-electron chi connectivity index (χ1n) is 10.9. The van der Waals surface area contributed by atoms with Crippen LogP contribution in [0, 0.1) is 22.7 Å². The number of fused-ring (bicyclic) bond motifs is 1. The lowest BCUT2D eigenvalue weighted by Gasteiger charge is -2.60. The third kappa shape index (κ3) is 4.04. The van der Waals surface area contributed by atoms with Crippen LogP contribution in [-0.2, 0) is 4.79 Å². The van der Waals surface area contributed by atoms with Crippen molar-refractivity contribution in [1.82, 2.24) is 15.2 Å². The van der Waals surface area contributed by atoms with Gasteiger partial charge >= 0.3 is 6.18 Å². The van der Waals surface area contributed by atoms with Gasteiger partial charge in [0.2, 0.25) is 5.91 Å². The standard InChI is InChI=1S/C23H22F3N5O2S/c24-23(25,26)14-6-22(7-14)11-30(12-22)15-1-2-19-18(5-15)17(3-4-28-19)21(33)29-9-20(32)31-13-34-10-16(31)8-27/h1-5,14,16H,6-7,9-13H2,(H,29,33). The van der Waals surface area contributed by atoms with Crippen molar-refractivity contribution in [3.05, 3.63) is 36.0 Å². The molecule has 1 aromatic carbocycles. The molecule has 2 saturated heterocycles. The summed E-state index contributed by atoms with van der Waals surface area (Å²) in [5, 5.41) is 12.4. The molecule has 3 aliphatic rings. The van der Waals surface area contributed by atoms with E-state index in [1.807, 2.05) is 17.0 Å². The topological polar surface area (TPSA) is 89.3 Å². The van der Waals surface area contributed by atoms with Gasteiger partial charge in [0.1, 0.15) is 6.04 Å². The number of pyridine rings is 1. The minimum atomic E-state index is -4.12. The minimum Gasteiger partial charge on any atom is -0.370 e. The van der Waals surface area contributed by atoms with E-state index >= 15 is 0 Å². The Labute approximate surface area is 198 Å². The maximum Gasteiger partial charge on any atom is 0.391 e. The molecule has 2 amide bonds. The molecule has 1 unspecified atom stereocenters. The van der Waals surface area contributed by atoms with Gasteiger partial charge in [-0.1, -0.05) is 0 Å². The molecule has 1 saturated carbocycles. The van der Waals surface area contributed by atoms with E-state index in [1.165, 1.54) is 22.9 Å². The van der Waals surface area contributed by atoms with Gasteiger partial charge in [-0.25, -0.2) is 0 Å². The average Bonchev–Trinajstić information content (AvgIpc) is 3.23. The van der Waals surface area contributed by atoms with Crippen LogP contribution >= 0.6 is 11.8 Å². The van der Waals surface area contributed by atoms with Crippen molar-refractivity contribution < 1.29 is 22.8 Å². The Morgan fingerprint density at radius 1 is 1.26 bits per heavy atom. The lowest BCUT2D eigenvalue weighted by atomic mass is 9.57. The molecule has 1 aromatic heterocycles. The van der Waals surface area contributed by atoms with Crippen molar-refractivity contribution >= 4 is 40.2 Å². The third-order valence-electron chi connectivity index (χ3n) is 6.96. The predicted octanol–water partition coefficient (Wildman–Crippen LogP) is 3.17. The largest absolute Gasteiger partial charge is 0.391 e. The van der Waals surface area contributed by atoms with Crippen LogP contribution in [0.1, 0.15) is 23.2 Å². The highest BCUT2D eigenvalue weighted by Gasteiger charge is 2.60. The molecule has 1 spiro atoms.